The van der Waals surface area contributed by atoms with Gasteiger partial charge in [-0.3, -0.25) is 9.97 Å². The van der Waals surface area contributed by atoms with Crippen LogP contribution in [0.5, 0.6) is 0 Å². The van der Waals surface area contributed by atoms with Crippen molar-refractivity contribution >= 4 is 32.7 Å². The van der Waals surface area contributed by atoms with E-state index in [-0.39, 0.29) is 19.5 Å². The van der Waals surface area contributed by atoms with Crippen molar-refractivity contribution in [3.63, 3.8) is 0 Å². The molecule has 4 heteroatoms. The minimum absolute atomic E-state index is 0. The Hall–Kier alpha value is -3.49. The third-order valence-corrected chi connectivity index (χ3v) is 5.17. The van der Waals surface area contributed by atoms with Crippen LogP contribution in [-0.4, -0.2) is 15.0 Å². The molecular formula is C28H20N3Ru. The summed E-state index contributed by atoms with van der Waals surface area (Å²) in [7, 11) is 0. The molecule has 6 aromatic rings. The van der Waals surface area contributed by atoms with Crippen LogP contribution in [0.2, 0.25) is 0 Å². The zero-order valence-electron chi connectivity index (χ0n) is 17.5. The molecule has 0 aliphatic rings. The van der Waals surface area contributed by atoms with Crippen LogP contribution in [0.25, 0.3) is 44.0 Å². The molecule has 0 aliphatic carbocycles. The summed E-state index contributed by atoms with van der Waals surface area (Å²) in [6.07, 6.45) is 3.62. The molecule has 3 aromatic heterocycles. The maximum Gasteiger partial charge on any atom is 1.00 e. The molecular weight excluding hydrogens is 479 g/mol. The van der Waals surface area contributed by atoms with Gasteiger partial charge in [-0.25, -0.2) is 4.98 Å². The van der Waals surface area contributed by atoms with Crippen LogP contribution in [0.1, 0.15) is 5.56 Å². The van der Waals surface area contributed by atoms with E-state index < -0.39 is 0 Å². The monoisotopic (exact) mass is 500 g/mol. The van der Waals surface area contributed by atoms with Crippen molar-refractivity contribution in [2.45, 2.75) is 6.92 Å². The molecule has 0 unspecified atom stereocenters. The summed E-state index contributed by atoms with van der Waals surface area (Å²) >= 11 is 0. The SMILES string of the molecule is Cc1cccc(-c2[c-]cccn2)c1.[Ru+].c1ccc2nc3ccc4cccnc4c3cc2c1. The Morgan fingerprint density at radius 2 is 1.53 bits per heavy atom. The first-order chi connectivity index (χ1) is 15.3. The molecule has 0 saturated carbocycles. The second-order valence-electron chi connectivity index (χ2n) is 7.39. The van der Waals surface area contributed by atoms with E-state index in [1.807, 2.05) is 54.7 Å². The van der Waals surface area contributed by atoms with Crippen LogP contribution in [-0.2, 0) is 19.5 Å². The largest absolute Gasteiger partial charge is 1.00 e. The number of aryl methyl sites for hydroxylation is 1. The van der Waals surface area contributed by atoms with Gasteiger partial charge in [-0.2, -0.15) is 12.1 Å². The number of hydrogen-bond acceptors (Lipinski definition) is 3. The molecule has 0 amide bonds. The van der Waals surface area contributed by atoms with Crippen molar-refractivity contribution in [2.24, 2.45) is 0 Å². The number of aromatic nitrogens is 3. The van der Waals surface area contributed by atoms with E-state index in [9.17, 15) is 0 Å². The first-order valence-electron chi connectivity index (χ1n) is 10.2. The van der Waals surface area contributed by atoms with E-state index in [1.54, 1.807) is 6.20 Å². The molecule has 0 atom stereocenters. The number of pyridine rings is 3. The molecule has 3 nitrogen and oxygen atoms in total. The second-order valence-corrected chi connectivity index (χ2v) is 7.39. The van der Waals surface area contributed by atoms with Crippen molar-refractivity contribution in [2.75, 3.05) is 0 Å². The zero-order chi connectivity index (χ0) is 21.0. The van der Waals surface area contributed by atoms with Crippen LogP contribution in [0.3, 0.4) is 0 Å². The number of benzene rings is 3. The first-order valence-corrected chi connectivity index (χ1v) is 10.2. The molecule has 0 saturated heterocycles. The molecule has 32 heavy (non-hydrogen) atoms. The fourth-order valence-electron chi connectivity index (χ4n) is 3.67. The molecule has 0 aliphatic heterocycles. The summed E-state index contributed by atoms with van der Waals surface area (Å²) in [6.45, 7) is 2.08. The number of fused-ring (bicyclic) bond motifs is 4. The van der Waals surface area contributed by atoms with Crippen LogP contribution >= 0.6 is 0 Å². The van der Waals surface area contributed by atoms with Gasteiger partial charge in [0.15, 0.2) is 0 Å². The second kappa shape index (κ2) is 9.76. The molecule has 0 bridgehead atoms. The molecule has 3 aromatic carbocycles. The summed E-state index contributed by atoms with van der Waals surface area (Å²) in [4.78, 5) is 13.4. The Bertz CT molecular complexity index is 1490. The normalized spacial score (nSPS) is 10.4. The molecule has 0 fully saturated rings. The van der Waals surface area contributed by atoms with Gasteiger partial charge in [0.25, 0.3) is 0 Å². The van der Waals surface area contributed by atoms with Crippen LogP contribution in [0, 0.1) is 13.0 Å². The number of hydrogen-bond donors (Lipinski definition) is 0. The Balaban J connectivity index is 0.000000157. The van der Waals surface area contributed by atoms with Gasteiger partial charge in [-0.1, -0.05) is 53.6 Å². The molecule has 1 radical (unpaired) electrons. The maximum atomic E-state index is 4.69. The Kier molecular flexibility index (Phi) is 6.63. The minimum Gasteiger partial charge on any atom is -0.296 e. The first kappa shape index (κ1) is 21.7. The summed E-state index contributed by atoms with van der Waals surface area (Å²) in [6, 6.07) is 33.7. The van der Waals surface area contributed by atoms with Gasteiger partial charge in [-0.05, 0) is 43.1 Å². The molecule has 0 spiro atoms. The number of rotatable bonds is 1. The molecule has 0 N–H and O–H groups in total. The van der Waals surface area contributed by atoms with Gasteiger partial charge < -0.3 is 0 Å². The molecule has 3 heterocycles. The third-order valence-electron chi connectivity index (χ3n) is 5.17. The summed E-state index contributed by atoms with van der Waals surface area (Å²) < 4.78 is 0. The summed E-state index contributed by atoms with van der Waals surface area (Å²) in [5.41, 5.74) is 6.33. The Morgan fingerprint density at radius 3 is 2.38 bits per heavy atom. The van der Waals surface area contributed by atoms with E-state index in [0.717, 1.165) is 44.0 Å². The summed E-state index contributed by atoms with van der Waals surface area (Å²) in [5, 5.41) is 3.43. The van der Waals surface area contributed by atoms with Crippen molar-refractivity contribution in [3.8, 4) is 11.3 Å². The Morgan fingerprint density at radius 1 is 0.688 bits per heavy atom. The predicted molar refractivity (Wildman–Crippen MR) is 128 cm³/mol. The van der Waals surface area contributed by atoms with Gasteiger partial charge in [0.05, 0.1) is 16.6 Å². The standard InChI is InChI=1S/C16H10N2.C12H10N.Ru/c1-2-6-14-12(4-1)10-13-15(18-14)8-7-11-5-3-9-17-16(11)13;1-10-5-4-6-11(9-10)12-7-2-3-8-13-12;/h1-10H;2-6,8-9H,1H3;/q;-1;+1. The maximum absolute atomic E-state index is 4.69. The smallest absolute Gasteiger partial charge is 0.296 e. The van der Waals surface area contributed by atoms with E-state index in [4.69, 9.17) is 0 Å². The third kappa shape index (κ3) is 4.56. The fraction of sp³-hybridized carbons (Fsp3) is 0.0357. The zero-order valence-corrected chi connectivity index (χ0v) is 19.2. The quantitative estimate of drug-likeness (QED) is 0.108. The van der Waals surface area contributed by atoms with Crippen molar-refractivity contribution in [3.05, 3.63) is 115 Å². The van der Waals surface area contributed by atoms with Crippen molar-refractivity contribution in [1.29, 1.82) is 0 Å². The number of para-hydroxylation sites is 1. The van der Waals surface area contributed by atoms with Crippen LogP contribution < -0.4 is 0 Å². The van der Waals surface area contributed by atoms with Gasteiger partial charge in [0, 0.05) is 22.4 Å². The van der Waals surface area contributed by atoms with Crippen LogP contribution in [0.4, 0.5) is 0 Å². The average Bonchev–Trinajstić information content (AvgIpc) is 2.84. The van der Waals surface area contributed by atoms with Crippen molar-refractivity contribution in [1.82, 2.24) is 15.0 Å². The summed E-state index contributed by atoms with van der Waals surface area (Å²) in [5.74, 6) is 0. The van der Waals surface area contributed by atoms with Gasteiger partial charge in [-0.15, -0.1) is 18.2 Å². The van der Waals surface area contributed by atoms with E-state index in [1.165, 1.54) is 5.56 Å². The minimum atomic E-state index is 0. The average molecular weight is 500 g/mol. The van der Waals surface area contributed by atoms with Gasteiger partial charge >= 0.3 is 19.5 Å². The predicted octanol–water partition coefficient (Wildman–Crippen LogP) is 6.79. The van der Waals surface area contributed by atoms with Crippen LogP contribution in [0.15, 0.2) is 103 Å². The van der Waals surface area contributed by atoms with E-state index in [0.29, 0.717) is 0 Å². The molecule has 6 rings (SSSR count). The van der Waals surface area contributed by atoms with E-state index in [2.05, 4.69) is 70.4 Å². The topological polar surface area (TPSA) is 38.7 Å². The molecule has 155 valence electrons. The Labute approximate surface area is 200 Å². The van der Waals surface area contributed by atoms with Crippen molar-refractivity contribution < 1.29 is 19.5 Å². The van der Waals surface area contributed by atoms with E-state index >= 15 is 0 Å². The number of nitrogens with zero attached hydrogens (tertiary/aromatic N) is 3. The fourth-order valence-corrected chi connectivity index (χ4v) is 3.67. The van der Waals surface area contributed by atoms with Gasteiger partial charge in [0.1, 0.15) is 0 Å². The van der Waals surface area contributed by atoms with Gasteiger partial charge in [0.2, 0.25) is 0 Å².